The van der Waals surface area contributed by atoms with Crippen molar-refractivity contribution in [3.8, 4) is 10.6 Å². The van der Waals surface area contributed by atoms with Gasteiger partial charge in [-0.15, -0.1) is 11.3 Å². The topological polar surface area (TPSA) is 81.0 Å². The van der Waals surface area contributed by atoms with Gasteiger partial charge < -0.3 is 5.32 Å². The lowest BCUT2D eigenvalue weighted by atomic mass is 10.0. The molecule has 0 spiro atoms. The first kappa shape index (κ1) is 17.1. The number of hydrogen-bond acceptors (Lipinski definition) is 6. The second-order valence-electron chi connectivity index (χ2n) is 6.09. The van der Waals surface area contributed by atoms with Crippen LogP contribution in [-0.2, 0) is 6.54 Å². The molecular formula is C20H16N4O2S. The van der Waals surface area contributed by atoms with Gasteiger partial charge in [-0.1, -0.05) is 30.3 Å². The van der Waals surface area contributed by atoms with Crippen LogP contribution in [0.5, 0.6) is 0 Å². The van der Waals surface area contributed by atoms with Crippen LogP contribution in [0.3, 0.4) is 0 Å². The van der Waals surface area contributed by atoms with E-state index >= 15 is 0 Å². The minimum atomic E-state index is -0.358. The Morgan fingerprint density at radius 1 is 1.11 bits per heavy atom. The fraction of sp³-hybridized carbons (Fsp3) is 0.100. The molecule has 0 bridgehead atoms. The number of nitro groups is 1. The smallest absolute Gasteiger partial charge is 0.277 e. The van der Waals surface area contributed by atoms with Gasteiger partial charge in [0.05, 0.1) is 10.3 Å². The number of thiazole rings is 1. The minimum Gasteiger partial charge on any atom is -0.365 e. The van der Waals surface area contributed by atoms with Crippen LogP contribution >= 0.6 is 11.3 Å². The Bertz CT molecular complexity index is 1130. The van der Waals surface area contributed by atoms with Gasteiger partial charge in [-0.25, -0.2) is 9.97 Å². The molecular weight excluding hydrogens is 360 g/mol. The lowest BCUT2D eigenvalue weighted by Crippen LogP contribution is -2.04. The first-order valence-corrected chi connectivity index (χ1v) is 9.27. The van der Waals surface area contributed by atoms with Gasteiger partial charge in [0.15, 0.2) is 0 Å². The molecule has 0 saturated carbocycles. The highest BCUT2D eigenvalue weighted by molar-refractivity contribution is 7.13. The van der Waals surface area contributed by atoms with Crippen LogP contribution in [-0.4, -0.2) is 14.9 Å². The Morgan fingerprint density at radius 2 is 1.96 bits per heavy atom. The van der Waals surface area contributed by atoms with Gasteiger partial charge in [0.25, 0.3) is 5.69 Å². The SMILES string of the molecule is Cc1ccc([N+](=O)[O-])c2ccnc(NCc3ccccc3-c3nccs3)c12. The second kappa shape index (κ2) is 7.13. The van der Waals surface area contributed by atoms with Crippen molar-refractivity contribution in [2.24, 2.45) is 0 Å². The molecule has 7 heteroatoms. The number of nitrogens with zero attached hydrogens (tertiary/aromatic N) is 3. The molecule has 0 aliphatic rings. The Morgan fingerprint density at radius 3 is 2.74 bits per heavy atom. The zero-order valence-corrected chi connectivity index (χ0v) is 15.4. The fourth-order valence-electron chi connectivity index (χ4n) is 3.16. The summed E-state index contributed by atoms with van der Waals surface area (Å²) in [5, 5.41) is 19.0. The summed E-state index contributed by atoms with van der Waals surface area (Å²) < 4.78 is 0. The number of nitro benzene ring substituents is 1. The monoisotopic (exact) mass is 376 g/mol. The third-order valence-corrected chi connectivity index (χ3v) is 5.24. The second-order valence-corrected chi connectivity index (χ2v) is 6.98. The fourth-order valence-corrected chi connectivity index (χ4v) is 3.86. The quantitative estimate of drug-likeness (QED) is 0.383. The Balaban J connectivity index is 1.72. The zero-order valence-electron chi connectivity index (χ0n) is 14.5. The number of rotatable bonds is 5. The normalized spacial score (nSPS) is 10.9. The van der Waals surface area contributed by atoms with Crippen molar-refractivity contribution in [2.75, 3.05) is 5.32 Å². The highest BCUT2D eigenvalue weighted by Crippen LogP contribution is 2.33. The number of non-ortho nitro benzene ring substituents is 1. The average Bonchev–Trinajstić information content (AvgIpc) is 3.21. The van der Waals surface area contributed by atoms with Crippen molar-refractivity contribution in [1.29, 1.82) is 0 Å². The van der Waals surface area contributed by atoms with E-state index in [-0.39, 0.29) is 10.6 Å². The molecule has 0 saturated heterocycles. The van der Waals surface area contributed by atoms with Gasteiger partial charge in [-0.2, -0.15) is 0 Å². The summed E-state index contributed by atoms with van der Waals surface area (Å²) in [4.78, 5) is 19.8. The summed E-state index contributed by atoms with van der Waals surface area (Å²) in [5.74, 6) is 0.641. The molecule has 4 rings (SSSR count). The van der Waals surface area contributed by atoms with Crippen LogP contribution < -0.4 is 5.32 Å². The van der Waals surface area contributed by atoms with E-state index in [2.05, 4.69) is 15.3 Å². The number of hydrogen-bond donors (Lipinski definition) is 1. The molecule has 0 radical (unpaired) electrons. The third kappa shape index (κ3) is 3.24. The maximum atomic E-state index is 11.4. The van der Waals surface area contributed by atoms with Crippen molar-refractivity contribution < 1.29 is 4.92 Å². The molecule has 134 valence electrons. The number of fused-ring (bicyclic) bond motifs is 1. The Kier molecular flexibility index (Phi) is 4.52. The highest BCUT2D eigenvalue weighted by Gasteiger charge is 2.16. The van der Waals surface area contributed by atoms with Crippen LogP contribution in [0.1, 0.15) is 11.1 Å². The molecule has 2 heterocycles. The maximum absolute atomic E-state index is 11.4. The van der Waals surface area contributed by atoms with Gasteiger partial charge >= 0.3 is 0 Å². The van der Waals surface area contributed by atoms with Gasteiger partial charge in [0, 0.05) is 41.3 Å². The molecule has 0 aliphatic carbocycles. The van der Waals surface area contributed by atoms with Crippen molar-refractivity contribution in [1.82, 2.24) is 9.97 Å². The number of benzene rings is 2. The molecule has 0 amide bonds. The summed E-state index contributed by atoms with van der Waals surface area (Å²) >= 11 is 1.59. The van der Waals surface area contributed by atoms with E-state index < -0.39 is 0 Å². The average molecular weight is 376 g/mol. The molecule has 4 aromatic rings. The van der Waals surface area contributed by atoms with E-state index in [0.29, 0.717) is 17.7 Å². The minimum absolute atomic E-state index is 0.0873. The van der Waals surface area contributed by atoms with Gasteiger partial charge in [0.2, 0.25) is 0 Å². The molecule has 0 aliphatic heterocycles. The first-order chi connectivity index (χ1) is 13.1. The number of nitrogens with one attached hydrogen (secondary N) is 1. The first-order valence-electron chi connectivity index (χ1n) is 8.39. The zero-order chi connectivity index (χ0) is 18.8. The number of aromatic nitrogens is 2. The summed E-state index contributed by atoms with van der Waals surface area (Å²) in [5.41, 5.74) is 3.20. The third-order valence-electron chi connectivity index (χ3n) is 4.44. The van der Waals surface area contributed by atoms with Crippen molar-refractivity contribution in [2.45, 2.75) is 13.5 Å². The van der Waals surface area contributed by atoms with Crippen LogP contribution in [0.2, 0.25) is 0 Å². The summed E-state index contributed by atoms with van der Waals surface area (Å²) in [6.07, 6.45) is 3.39. The molecule has 1 N–H and O–H groups in total. The van der Waals surface area contributed by atoms with Crippen molar-refractivity contribution in [3.63, 3.8) is 0 Å². The summed E-state index contributed by atoms with van der Waals surface area (Å²) in [7, 11) is 0. The highest BCUT2D eigenvalue weighted by atomic mass is 32.1. The van der Waals surface area contributed by atoms with E-state index in [1.165, 1.54) is 0 Å². The lowest BCUT2D eigenvalue weighted by Gasteiger charge is -2.13. The van der Waals surface area contributed by atoms with Crippen LogP contribution in [0.4, 0.5) is 11.5 Å². The molecule has 6 nitrogen and oxygen atoms in total. The lowest BCUT2D eigenvalue weighted by molar-refractivity contribution is -0.383. The molecule has 0 atom stereocenters. The number of pyridine rings is 1. The summed E-state index contributed by atoms with van der Waals surface area (Å²) in [6.45, 7) is 2.48. The predicted molar refractivity (Wildman–Crippen MR) is 108 cm³/mol. The van der Waals surface area contributed by atoms with Gasteiger partial charge in [-0.3, -0.25) is 10.1 Å². The van der Waals surface area contributed by atoms with E-state index in [0.717, 1.165) is 27.1 Å². The number of aryl methyl sites for hydroxylation is 1. The van der Waals surface area contributed by atoms with E-state index in [1.807, 2.05) is 36.6 Å². The Labute approximate surface area is 159 Å². The predicted octanol–water partition coefficient (Wildman–Crippen LogP) is 5.19. The molecule has 0 unspecified atom stereocenters. The maximum Gasteiger partial charge on any atom is 0.277 e. The van der Waals surface area contributed by atoms with Crippen LogP contribution in [0.25, 0.3) is 21.3 Å². The standard InChI is InChI=1S/C20H16N4O2S/c1-13-6-7-17(24(25)26)16-8-9-21-19(18(13)16)23-12-14-4-2-3-5-15(14)20-22-10-11-27-20/h2-11H,12H2,1H3,(H,21,23). The van der Waals surface area contributed by atoms with Crippen molar-refractivity contribution in [3.05, 3.63) is 81.5 Å². The van der Waals surface area contributed by atoms with E-state index in [4.69, 9.17) is 0 Å². The van der Waals surface area contributed by atoms with Crippen LogP contribution in [0, 0.1) is 17.0 Å². The molecule has 2 aromatic heterocycles. The molecule has 27 heavy (non-hydrogen) atoms. The molecule has 2 aromatic carbocycles. The van der Waals surface area contributed by atoms with E-state index in [1.54, 1.807) is 41.9 Å². The Hall–Kier alpha value is -3.32. The van der Waals surface area contributed by atoms with Crippen LogP contribution in [0.15, 0.2) is 60.2 Å². The van der Waals surface area contributed by atoms with E-state index in [9.17, 15) is 10.1 Å². The summed E-state index contributed by atoms with van der Waals surface area (Å²) in [6, 6.07) is 13.1. The number of anilines is 1. The largest absolute Gasteiger partial charge is 0.365 e. The van der Waals surface area contributed by atoms with Crippen molar-refractivity contribution >= 4 is 33.6 Å². The van der Waals surface area contributed by atoms with Gasteiger partial charge in [0.1, 0.15) is 10.8 Å². The van der Waals surface area contributed by atoms with Gasteiger partial charge in [-0.05, 0) is 24.1 Å². The molecule has 0 fully saturated rings.